The van der Waals surface area contributed by atoms with Crippen LogP contribution >= 0.6 is 0 Å². The number of hydrogen-bond acceptors (Lipinski definition) is 0. The van der Waals surface area contributed by atoms with Gasteiger partial charge in [-0.1, -0.05) is 116 Å². The van der Waals surface area contributed by atoms with Crippen LogP contribution in [-0.4, -0.2) is 0 Å². The average molecular weight is 547 g/mol. The molecule has 3 atom stereocenters. The monoisotopic (exact) mass is 546 g/mol. The molecule has 0 heterocycles. The van der Waals surface area contributed by atoms with Crippen LogP contribution in [0.4, 0.5) is 0 Å². The molecule has 0 fully saturated rings. The first-order valence-electron chi connectivity index (χ1n) is 15.3. The van der Waals surface area contributed by atoms with Crippen molar-refractivity contribution in [3.05, 3.63) is 111 Å². The van der Waals surface area contributed by atoms with Gasteiger partial charge in [0.05, 0.1) is 0 Å². The Bertz CT molecular complexity index is 1530. The van der Waals surface area contributed by atoms with Gasteiger partial charge in [0.2, 0.25) is 0 Å². The third-order valence-corrected chi connectivity index (χ3v) is 11.3. The molecule has 0 aliphatic heterocycles. The zero-order chi connectivity index (χ0) is 29.5. The van der Waals surface area contributed by atoms with Gasteiger partial charge in [-0.05, 0) is 131 Å². The van der Waals surface area contributed by atoms with Crippen LogP contribution in [0.25, 0.3) is 16.7 Å². The van der Waals surface area contributed by atoms with Crippen molar-refractivity contribution >= 4 is 5.57 Å². The van der Waals surface area contributed by atoms with E-state index in [-0.39, 0.29) is 23.7 Å². The Morgan fingerprint density at radius 2 is 1.59 bits per heavy atom. The summed E-state index contributed by atoms with van der Waals surface area (Å²) < 4.78 is 0. The summed E-state index contributed by atoms with van der Waals surface area (Å²) in [6, 6.07) is 11.7. The summed E-state index contributed by atoms with van der Waals surface area (Å²) in [4.78, 5) is 0. The van der Waals surface area contributed by atoms with Crippen molar-refractivity contribution in [2.24, 2.45) is 16.2 Å². The molecule has 3 aliphatic carbocycles. The maximum absolute atomic E-state index is 4.93. The lowest BCUT2D eigenvalue weighted by Crippen LogP contribution is -2.52. The van der Waals surface area contributed by atoms with E-state index in [1.165, 1.54) is 72.4 Å². The first-order chi connectivity index (χ1) is 18.6. The van der Waals surface area contributed by atoms with Crippen molar-refractivity contribution in [1.29, 1.82) is 0 Å². The van der Waals surface area contributed by atoms with Crippen LogP contribution in [-0.2, 0) is 12.8 Å². The molecule has 0 nitrogen and oxygen atoms in total. The highest BCUT2D eigenvalue weighted by atomic mass is 14.6. The van der Waals surface area contributed by atoms with Gasteiger partial charge in [0, 0.05) is 5.41 Å². The number of allylic oxidation sites excluding steroid dienone is 7. The van der Waals surface area contributed by atoms with Gasteiger partial charge < -0.3 is 0 Å². The molecule has 2 aromatic carbocycles. The van der Waals surface area contributed by atoms with E-state index >= 15 is 0 Å². The first kappa shape index (κ1) is 31.1. The summed E-state index contributed by atoms with van der Waals surface area (Å²) in [6.07, 6.45) is 4.37. The molecule has 2 aromatic rings. The molecule has 41 heavy (non-hydrogen) atoms. The van der Waals surface area contributed by atoms with Crippen LogP contribution in [0.1, 0.15) is 116 Å². The molecule has 0 heteroatoms. The maximum atomic E-state index is 4.93. The molecule has 0 aromatic heterocycles. The summed E-state index contributed by atoms with van der Waals surface area (Å²) in [5.41, 5.74) is 19.2. The van der Waals surface area contributed by atoms with Crippen LogP contribution in [0.5, 0.6) is 0 Å². The van der Waals surface area contributed by atoms with Gasteiger partial charge >= 0.3 is 0 Å². The Hall–Kier alpha value is -2.86. The molecule has 0 N–H and O–H groups in total. The van der Waals surface area contributed by atoms with Gasteiger partial charge in [-0.15, -0.1) is 0 Å². The molecule has 0 saturated heterocycles. The van der Waals surface area contributed by atoms with E-state index in [0.29, 0.717) is 5.92 Å². The number of rotatable bonds is 4. The largest absolute Gasteiger partial charge is 0.0955 e. The van der Waals surface area contributed by atoms with Crippen LogP contribution in [0.15, 0.2) is 83.5 Å². The molecule has 0 bridgehead atoms. The van der Waals surface area contributed by atoms with E-state index in [4.69, 9.17) is 13.2 Å². The summed E-state index contributed by atoms with van der Waals surface area (Å²) in [5.74, 6) is 0.452. The SMILES string of the molecule is C.C=C(C)C1=C(C)C[C@@]2(C)C[C@@]3(C)Cc4c(C(C)C)cc(-c5ccc(CC)cc5)c(C)c4C(=C)C3=C(C)[C@@]2(C)C1=C. The number of aryl methyl sites for hydroxylation is 1. The lowest BCUT2D eigenvalue weighted by atomic mass is 9.41. The summed E-state index contributed by atoms with van der Waals surface area (Å²) in [6.45, 7) is 37.7. The zero-order valence-electron chi connectivity index (χ0n) is 26.9. The van der Waals surface area contributed by atoms with Crippen molar-refractivity contribution in [2.45, 2.75) is 108 Å². The molecule has 0 saturated carbocycles. The Morgan fingerprint density at radius 3 is 2.12 bits per heavy atom. The van der Waals surface area contributed by atoms with Crippen molar-refractivity contribution < 1.29 is 0 Å². The Kier molecular flexibility index (Phi) is 7.69. The molecule has 0 amide bonds. The van der Waals surface area contributed by atoms with Crippen LogP contribution < -0.4 is 0 Å². The highest BCUT2D eigenvalue weighted by Gasteiger charge is 2.59. The Morgan fingerprint density at radius 1 is 0.976 bits per heavy atom. The minimum atomic E-state index is -0.127. The number of benzene rings is 2. The van der Waals surface area contributed by atoms with Gasteiger partial charge in [-0.25, -0.2) is 0 Å². The Labute approximate surface area is 252 Å². The molecule has 218 valence electrons. The van der Waals surface area contributed by atoms with Gasteiger partial charge in [0.1, 0.15) is 0 Å². The summed E-state index contributed by atoms with van der Waals surface area (Å²) in [5, 5.41) is 0. The highest BCUT2D eigenvalue weighted by Crippen LogP contribution is 2.70. The van der Waals surface area contributed by atoms with E-state index in [0.717, 1.165) is 31.3 Å². The third-order valence-electron chi connectivity index (χ3n) is 11.3. The van der Waals surface area contributed by atoms with Gasteiger partial charge in [-0.3, -0.25) is 0 Å². The normalized spacial score (nSPS) is 27.4. The van der Waals surface area contributed by atoms with Crippen LogP contribution in [0.2, 0.25) is 0 Å². The molecule has 0 radical (unpaired) electrons. The van der Waals surface area contributed by atoms with E-state index in [1.807, 2.05) is 0 Å². The lowest BCUT2D eigenvalue weighted by molar-refractivity contribution is 0.0543. The fraction of sp³-hybridized carbons (Fsp3) is 0.463. The quantitative estimate of drug-likeness (QED) is 0.358. The van der Waals surface area contributed by atoms with Gasteiger partial charge in [0.25, 0.3) is 0 Å². The second-order valence-electron chi connectivity index (χ2n) is 14.4. The summed E-state index contributed by atoms with van der Waals surface area (Å²) >= 11 is 0. The maximum Gasteiger partial charge on any atom is 0.0194 e. The van der Waals surface area contributed by atoms with E-state index in [2.05, 4.69) is 106 Å². The van der Waals surface area contributed by atoms with Crippen molar-refractivity contribution in [1.82, 2.24) is 0 Å². The minimum Gasteiger partial charge on any atom is -0.0955 e. The minimum absolute atomic E-state index is 0. The van der Waals surface area contributed by atoms with E-state index < -0.39 is 0 Å². The number of hydrogen-bond donors (Lipinski definition) is 0. The smallest absolute Gasteiger partial charge is 0.0194 e. The van der Waals surface area contributed by atoms with Crippen molar-refractivity contribution in [2.75, 3.05) is 0 Å². The molecule has 3 aliphatic rings. The molecule has 5 rings (SSSR count). The predicted octanol–water partition coefficient (Wildman–Crippen LogP) is 12.1. The van der Waals surface area contributed by atoms with Crippen molar-refractivity contribution in [3.63, 3.8) is 0 Å². The van der Waals surface area contributed by atoms with Gasteiger partial charge in [0.15, 0.2) is 0 Å². The third kappa shape index (κ3) is 4.23. The summed E-state index contributed by atoms with van der Waals surface area (Å²) in [7, 11) is 0. The van der Waals surface area contributed by atoms with E-state index in [9.17, 15) is 0 Å². The topological polar surface area (TPSA) is 0 Å². The fourth-order valence-electron chi connectivity index (χ4n) is 9.36. The second kappa shape index (κ2) is 10.1. The fourth-order valence-corrected chi connectivity index (χ4v) is 9.36. The van der Waals surface area contributed by atoms with Crippen molar-refractivity contribution in [3.8, 4) is 11.1 Å². The predicted molar refractivity (Wildman–Crippen MR) is 182 cm³/mol. The first-order valence-corrected chi connectivity index (χ1v) is 15.3. The molecular weight excluding hydrogens is 492 g/mol. The lowest BCUT2D eigenvalue weighted by Gasteiger charge is -2.62. The molecule has 0 unspecified atom stereocenters. The van der Waals surface area contributed by atoms with E-state index in [1.54, 1.807) is 0 Å². The van der Waals surface area contributed by atoms with Crippen LogP contribution in [0.3, 0.4) is 0 Å². The molecule has 0 spiro atoms. The van der Waals surface area contributed by atoms with Crippen LogP contribution in [0, 0.1) is 23.2 Å². The second-order valence-corrected chi connectivity index (χ2v) is 14.4. The number of fused-ring (bicyclic) bond motifs is 3. The zero-order valence-corrected chi connectivity index (χ0v) is 26.9. The van der Waals surface area contributed by atoms with Gasteiger partial charge in [-0.2, -0.15) is 0 Å². The highest BCUT2D eigenvalue weighted by molar-refractivity contribution is 5.90. The average Bonchev–Trinajstić information content (AvgIpc) is 2.85. The molecular formula is C41H54. The standard InChI is InChI=1S/C40H50.CH4/c1-14-30-15-17-31(18-16-30)33-19-32(23(2)3)34-21-38(11)22-39(12)20-25(6)35(24(4)5)28(9)40(39,13)29(10)37(38)27(8)36(34)26(33)7;/h15-19,23H,4,8-9,14,20-22H2,1-3,5-7,10-13H3;1H4/t38-,39+,40-;/m1./s1. The Balaban J connectivity index is 0.00000387.